The summed E-state index contributed by atoms with van der Waals surface area (Å²) in [7, 11) is -3.19. The van der Waals surface area contributed by atoms with Gasteiger partial charge in [-0.25, -0.2) is 13.4 Å². The number of hydrogen-bond acceptors (Lipinski definition) is 5. The number of pyridine rings is 1. The summed E-state index contributed by atoms with van der Waals surface area (Å²) in [6, 6.07) is 10.9. The van der Waals surface area contributed by atoms with Gasteiger partial charge in [0.25, 0.3) is 0 Å². The third-order valence-corrected chi connectivity index (χ3v) is 5.08. The second kappa shape index (κ2) is 7.02. The molecule has 0 aliphatic heterocycles. The smallest absolute Gasteiger partial charge is 0.175 e. The number of nitrogens with zero attached hydrogens (tertiary/aromatic N) is 2. The summed E-state index contributed by atoms with van der Waals surface area (Å²) in [5.41, 5.74) is 3.18. The molecule has 0 aliphatic carbocycles. The molecule has 126 valence electrons. The van der Waals surface area contributed by atoms with Crippen LogP contribution in [0.2, 0.25) is 0 Å². The summed E-state index contributed by atoms with van der Waals surface area (Å²) >= 11 is 0. The highest BCUT2D eigenvalue weighted by Gasteiger charge is 2.14. The largest absolute Gasteiger partial charge is 0.363 e. The first kappa shape index (κ1) is 18.0. The number of anilines is 1. The lowest BCUT2D eigenvalue weighted by molar-refractivity contribution is 0.601. The number of sulfone groups is 1. The Labute approximate surface area is 143 Å². The fourth-order valence-corrected chi connectivity index (χ4v) is 3.25. The molecule has 2 rings (SSSR count). The first-order chi connectivity index (χ1) is 11.3. The van der Waals surface area contributed by atoms with Crippen LogP contribution < -0.4 is 5.32 Å². The van der Waals surface area contributed by atoms with Crippen LogP contribution in [0.1, 0.15) is 41.8 Å². The van der Waals surface area contributed by atoms with Gasteiger partial charge in [0, 0.05) is 6.26 Å². The lowest BCUT2D eigenvalue weighted by Crippen LogP contribution is -2.12. The van der Waals surface area contributed by atoms with Crippen molar-refractivity contribution in [1.29, 1.82) is 5.26 Å². The SMILES string of the molecule is CCC(Nc1cc(C)c(C#N)c(C)n1)c1ccc(S(C)(=O)=O)cc1. The predicted octanol–water partition coefficient (Wildman–Crippen LogP) is 3.54. The van der Waals surface area contributed by atoms with Crippen molar-refractivity contribution >= 4 is 15.7 Å². The van der Waals surface area contributed by atoms with Crippen LogP contribution >= 0.6 is 0 Å². The van der Waals surface area contributed by atoms with E-state index in [4.69, 9.17) is 5.26 Å². The molecule has 6 heteroatoms. The molecule has 1 aromatic heterocycles. The van der Waals surface area contributed by atoms with E-state index < -0.39 is 9.84 Å². The van der Waals surface area contributed by atoms with E-state index in [1.165, 1.54) is 6.26 Å². The minimum Gasteiger partial charge on any atom is -0.363 e. The van der Waals surface area contributed by atoms with Gasteiger partial charge in [-0.1, -0.05) is 19.1 Å². The van der Waals surface area contributed by atoms with Crippen molar-refractivity contribution in [3.63, 3.8) is 0 Å². The highest BCUT2D eigenvalue weighted by Crippen LogP contribution is 2.24. The summed E-state index contributed by atoms with van der Waals surface area (Å²) in [5.74, 6) is 0.711. The number of aryl methyl sites for hydroxylation is 2. The number of nitriles is 1. The van der Waals surface area contributed by atoms with Gasteiger partial charge in [-0.2, -0.15) is 5.26 Å². The van der Waals surface area contributed by atoms with Gasteiger partial charge in [0.1, 0.15) is 11.9 Å². The quantitative estimate of drug-likeness (QED) is 0.898. The molecule has 0 saturated carbocycles. The third kappa shape index (κ3) is 3.92. The van der Waals surface area contributed by atoms with Gasteiger partial charge in [-0.3, -0.25) is 0 Å². The van der Waals surface area contributed by atoms with Crippen molar-refractivity contribution in [2.75, 3.05) is 11.6 Å². The molecule has 0 aliphatic rings. The lowest BCUT2D eigenvalue weighted by Gasteiger charge is -2.19. The maximum atomic E-state index is 11.6. The fraction of sp³-hybridized carbons (Fsp3) is 0.333. The number of hydrogen-bond donors (Lipinski definition) is 1. The highest BCUT2D eigenvalue weighted by molar-refractivity contribution is 7.90. The third-order valence-electron chi connectivity index (χ3n) is 3.95. The summed E-state index contributed by atoms with van der Waals surface area (Å²) in [6.45, 7) is 5.75. The van der Waals surface area contributed by atoms with Gasteiger partial charge in [-0.05, 0) is 49.6 Å². The van der Waals surface area contributed by atoms with Crippen molar-refractivity contribution in [2.24, 2.45) is 0 Å². The molecule has 0 fully saturated rings. The zero-order valence-corrected chi connectivity index (χ0v) is 15.1. The topological polar surface area (TPSA) is 82.8 Å². The fourth-order valence-electron chi connectivity index (χ4n) is 2.62. The predicted molar refractivity (Wildman–Crippen MR) is 94.6 cm³/mol. The second-order valence-electron chi connectivity index (χ2n) is 5.84. The molecule has 1 N–H and O–H groups in total. The van der Waals surface area contributed by atoms with Crippen molar-refractivity contribution in [1.82, 2.24) is 4.98 Å². The van der Waals surface area contributed by atoms with E-state index >= 15 is 0 Å². The molecule has 0 spiro atoms. The van der Waals surface area contributed by atoms with Crippen LogP contribution in [0.3, 0.4) is 0 Å². The summed E-state index contributed by atoms with van der Waals surface area (Å²) < 4.78 is 23.1. The minimum absolute atomic E-state index is 0.0119. The standard InChI is InChI=1S/C18H21N3O2S/c1-5-17(14-6-8-15(9-7-14)24(4,22)23)21-18-10-12(2)16(11-19)13(3)20-18/h6-10,17H,5H2,1-4H3,(H,20,21). The average molecular weight is 343 g/mol. The Morgan fingerprint density at radius 2 is 1.88 bits per heavy atom. The molecule has 5 nitrogen and oxygen atoms in total. The first-order valence-corrected chi connectivity index (χ1v) is 9.60. The second-order valence-corrected chi connectivity index (χ2v) is 7.86. The van der Waals surface area contributed by atoms with Gasteiger partial charge in [0.15, 0.2) is 9.84 Å². The van der Waals surface area contributed by atoms with Crippen LogP contribution in [-0.2, 0) is 9.84 Å². The average Bonchev–Trinajstić information content (AvgIpc) is 2.51. The number of rotatable bonds is 5. The van der Waals surface area contributed by atoms with Crippen LogP contribution in [-0.4, -0.2) is 19.7 Å². The molecule has 1 atom stereocenters. The number of nitrogens with one attached hydrogen (secondary N) is 1. The molecule has 1 unspecified atom stereocenters. The normalized spacial score (nSPS) is 12.5. The Morgan fingerprint density at radius 1 is 1.25 bits per heavy atom. The highest BCUT2D eigenvalue weighted by atomic mass is 32.2. The van der Waals surface area contributed by atoms with Crippen molar-refractivity contribution in [3.05, 3.63) is 52.7 Å². The van der Waals surface area contributed by atoms with E-state index in [2.05, 4.69) is 16.4 Å². The minimum atomic E-state index is -3.19. The van der Waals surface area contributed by atoms with Crippen molar-refractivity contribution in [2.45, 2.75) is 38.1 Å². The van der Waals surface area contributed by atoms with Gasteiger partial charge < -0.3 is 5.32 Å². The van der Waals surface area contributed by atoms with Crippen LogP contribution in [0.25, 0.3) is 0 Å². The van der Waals surface area contributed by atoms with Crippen molar-refractivity contribution < 1.29 is 8.42 Å². The summed E-state index contributed by atoms with van der Waals surface area (Å²) in [5, 5.41) is 12.5. The monoisotopic (exact) mass is 343 g/mol. The maximum Gasteiger partial charge on any atom is 0.175 e. The molecule has 0 bridgehead atoms. The summed E-state index contributed by atoms with van der Waals surface area (Å²) in [4.78, 5) is 4.75. The van der Waals surface area contributed by atoms with E-state index in [-0.39, 0.29) is 6.04 Å². The molecule has 0 amide bonds. The zero-order chi connectivity index (χ0) is 17.9. The Hall–Kier alpha value is -2.39. The molecular weight excluding hydrogens is 322 g/mol. The van der Waals surface area contributed by atoms with E-state index in [0.29, 0.717) is 22.0 Å². The van der Waals surface area contributed by atoms with E-state index in [9.17, 15) is 8.42 Å². The molecule has 1 aromatic carbocycles. The Balaban J connectivity index is 2.29. The van der Waals surface area contributed by atoms with E-state index in [0.717, 1.165) is 17.5 Å². The molecule has 2 aromatic rings. The van der Waals surface area contributed by atoms with Crippen LogP contribution in [0.15, 0.2) is 35.2 Å². The van der Waals surface area contributed by atoms with E-state index in [1.54, 1.807) is 12.1 Å². The van der Waals surface area contributed by atoms with Crippen LogP contribution in [0.4, 0.5) is 5.82 Å². The number of aromatic nitrogens is 1. The van der Waals surface area contributed by atoms with Gasteiger partial charge in [0.2, 0.25) is 0 Å². The number of benzene rings is 1. The van der Waals surface area contributed by atoms with Gasteiger partial charge >= 0.3 is 0 Å². The lowest BCUT2D eigenvalue weighted by atomic mass is 10.0. The van der Waals surface area contributed by atoms with E-state index in [1.807, 2.05) is 39.0 Å². The zero-order valence-electron chi connectivity index (χ0n) is 14.3. The van der Waals surface area contributed by atoms with Crippen LogP contribution in [0.5, 0.6) is 0 Å². The molecular formula is C18H21N3O2S. The first-order valence-electron chi connectivity index (χ1n) is 7.71. The Bertz CT molecular complexity index is 858. The summed E-state index contributed by atoms with van der Waals surface area (Å²) in [6.07, 6.45) is 2.02. The Kier molecular flexibility index (Phi) is 5.25. The molecule has 0 saturated heterocycles. The van der Waals surface area contributed by atoms with Gasteiger partial charge in [0.05, 0.1) is 22.2 Å². The molecule has 24 heavy (non-hydrogen) atoms. The van der Waals surface area contributed by atoms with Crippen LogP contribution in [0, 0.1) is 25.2 Å². The molecule has 0 radical (unpaired) electrons. The van der Waals surface area contributed by atoms with Crippen molar-refractivity contribution in [3.8, 4) is 6.07 Å². The molecule has 1 heterocycles. The Morgan fingerprint density at radius 3 is 2.33 bits per heavy atom. The van der Waals surface area contributed by atoms with Gasteiger partial charge in [-0.15, -0.1) is 0 Å². The maximum absolute atomic E-state index is 11.6.